The number of hydrogen-bond acceptors (Lipinski definition) is 2. The summed E-state index contributed by atoms with van der Waals surface area (Å²) in [4.78, 5) is 2.20. The third-order valence-electron chi connectivity index (χ3n) is 2.21. The molecule has 0 amide bonds. The molecule has 78 valence electrons. The lowest BCUT2D eigenvalue weighted by Crippen LogP contribution is -2.20. The molecule has 1 aromatic heterocycles. The molecule has 0 aromatic carbocycles. The Morgan fingerprint density at radius 1 is 1.21 bits per heavy atom. The first-order valence-corrected chi connectivity index (χ1v) is 5.33. The minimum Gasteiger partial charge on any atom is -0.441 e. The van der Waals surface area contributed by atoms with Crippen LogP contribution in [0.3, 0.4) is 0 Å². The second-order valence-electron chi connectivity index (χ2n) is 3.16. The summed E-state index contributed by atoms with van der Waals surface area (Å²) in [6.07, 6.45) is 5.17. The smallest absolute Gasteiger partial charge is 0.196 e. The van der Waals surface area contributed by atoms with E-state index in [0.717, 1.165) is 31.2 Å². The molecule has 0 aliphatic rings. The highest BCUT2D eigenvalue weighted by molar-refractivity contribution is 5.48. The summed E-state index contributed by atoms with van der Waals surface area (Å²) < 4.78 is 5.67. The van der Waals surface area contributed by atoms with Gasteiger partial charge in [0, 0.05) is 19.2 Å². The highest BCUT2D eigenvalue weighted by atomic mass is 16.4. The maximum absolute atomic E-state index is 5.67. The summed E-state index contributed by atoms with van der Waals surface area (Å²) >= 11 is 0. The molecule has 0 N–H and O–H groups in total. The number of allylic oxidation sites excluding steroid dienone is 1. The fourth-order valence-corrected chi connectivity index (χ4v) is 1.37. The Kier molecular flexibility index (Phi) is 4.30. The van der Waals surface area contributed by atoms with Gasteiger partial charge in [-0.3, -0.25) is 0 Å². The van der Waals surface area contributed by atoms with Crippen LogP contribution in [0.15, 0.2) is 22.6 Å². The Hall–Kier alpha value is -1.18. The molecule has 1 heterocycles. The lowest BCUT2D eigenvalue weighted by atomic mass is 10.3. The van der Waals surface area contributed by atoms with E-state index in [9.17, 15) is 0 Å². The van der Waals surface area contributed by atoms with Crippen molar-refractivity contribution in [3.63, 3.8) is 0 Å². The standard InChI is InChI=1S/C12H19NO/c1-4-7-8-11-9-10-12(14-11)13(5-2)6-3/h7-10H,4-6H2,1-3H3/b8-7+. The van der Waals surface area contributed by atoms with Crippen LogP contribution in [-0.4, -0.2) is 13.1 Å². The second-order valence-corrected chi connectivity index (χ2v) is 3.16. The van der Waals surface area contributed by atoms with E-state index in [1.54, 1.807) is 0 Å². The van der Waals surface area contributed by atoms with Gasteiger partial charge in [0.25, 0.3) is 0 Å². The normalized spacial score (nSPS) is 11.1. The van der Waals surface area contributed by atoms with Gasteiger partial charge in [-0.15, -0.1) is 0 Å². The van der Waals surface area contributed by atoms with Gasteiger partial charge in [0.1, 0.15) is 5.76 Å². The summed E-state index contributed by atoms with van der Waals surface area (Å²) in [5.41, 5.74) is 0. The molecule has 0 aliphatic carbocycles. The van der Waals surface area contributed by atoms with E-state index in [-0.39, 0.29) is 0 Å². The van der Waals surface area contributed by atoms with Gasteiger partial charge in [0.15, 0.2) is 5.88 Å². The van der Waals surface area contributed by atoms with E-state index < -0.39 is 0 Å². The highest BCUT2D eigenvalue weighted by Gasteiger charge is 2.05. The van der Waals surface area contributed by atoms with Crippen LogP contribution in [0.5, 0.6) is 0 Å². The van der Waals surface area contributed by atoms with E-state index in [1.165, 1.54) is 0 Å². The Labute approximate surface area is 86.2 Å². The molecular formula is C12H19NO. The van der Waals surface area contributed by atoms with Crippen molar-refractivity contribution < 1.29 is 4.42 Å². The molecule has 1 aromatic rings. The summed E-state index contributed by atoms with van der Waals surface area (Å²) in [6.45, 7) is 8.35. The van der Waals surface area contributed by atoms with Crippen molar-refractivity contribution in [2.24, 2.45) is 0 Å². The Morgan fingerprint density at radius 3 is 2.50 bits per heavy atom. The van der Waals surface area contributed by atoms with Gasteiger partial charge >= 0.3 is 0 Å². The van der Waals surface area contributed by atoms with Crippen molar-refractivity contribution in [3.05, 3.63) is 24.0 Å². The molecular weight excluding hydrogens is 174 g/mol. The quantitative estimate of drug-likeness (QED) is 0.711. The largest absolute Gasteiger partial charge is 0.441 e. The Bertz CT molecular complexity index is 284. The molecule has 0 radical (unpaired) electrons. The van der Waals surface area contributed by atoms with Gasteiger partial charge in [-0.1, -0.05) is 13.0 Å². The summed E-state index contributed by atoms with van der Waals surface area (Å²) in [5, 5.41) is 0. The summed E-state index contributed by atoms with van der Waals surface area (Å²) in [5.74, 6) is 1.90. The van der Waals surface area contributed by atoms with Crippen LogP contribution in [0, 0.1) is 0 Å². The Morgan fingerprint density at radius 2 is 1.93 bits per heavy atom. The van der Waals surface area contributed by atoms with E-state index in [4.69, 9.17) is 4.42 Å². The van der Waals surface area contributed by atoms with Gasteiger partial charge in [0.2, 0.25) is 0 Å². The van der Waals surface area contributed by atoms with Crippen molar-refractivity contribution in [2.75, 3.05) is 18.0 Å². The summed E-state index contributed by atoms with van der Waals surface area (Å²) in [7, 11) is 0. The second kappa shape index (κ2) is 5.53. The molecule has 0 saturated carbocycles. The fourth-order valence-electron chi connectivity index (χ4n) is 1.37. The maximum Gasteiger partial charge on any atom is 0.196 e. The van der Waals surface area contributed by atoms with Gasteiger partial charge in [0.05, 0.1) is 0 Å². The molecule has 0 spiro atoms. The van der Waals surface area contributed by atoms with E-state index in [1.807, 2.05) is 18.2 Å². The first-order valence-electron chi connectivity index (χ1n) is 5.33. The van der Waals surface area contributed by atoms with Gasteiger partial charge in [-0.2, -0.15) is 0 Å². The topological polar surface area (TPSA) is 16.4 Å². The highest BCUT2D eigenvalue weighted by Crippen LogP contribution is 2.19. The average Bonchev–Trinajstić information content (AvgIpc) is 2.65. The molecule has 0 atom stereocenters. The van der Waals surface area contributed by atoms with E-state index in [2.05, 4.69) is 31.7 Å². The van der Waals surface area contributed by atoms with Crippen molar-refractivity contribution >= 4 is 12.0 Å². The molecule has 0 bridgehead atoms. The molecule has 0 fully saturated rings. The zero-order valence-corrected chi connectivity index (χ0v) is 9.29. The molecule has 14 heavy (non-hydrogen) atoms. The lowest BCUT2D eigenvalue weighted by molar-refractivity contribution is 0.541. The number of rotatable bonds is 5. The predicted octanol–water partition coefficient (Wildman–Crippen LogP) is 3.55. The van der Waals surface area contributed by atoms with E-state index in [0.29, 0.717) is 0 Å². The van der Waals surface area contributed by atoms with Crippen LogP contribution >= 0.6 is 0 Å². The fraction of sp³-hybridized carbons (Fsp3) is 0.500. The van der Waals surface area contributed by atoms with Crippen LogP contribution in [0.2, 0.25) is 0 Å². The lowest BCUT2D eigenvalue weighted by Gasteiger charge is -2.16. The number of nitrogens with zero attached hydrogens (tertiary/aromatic N) is 1. The first-order chi connectivity index (χ1) is 6.81. The minimum atomic E-state index is 0.939. The van der Waals surface area contributed by atoms with E-state index >= 15 is 0 Å². The third-order valence-corrected chi connectivity index (χ3v) is 2.21. The minimum absolute atomic E-state index is 0.939. The Balaban J connectivity index is 2.71. The molecule has 0 unspecified atom stereocenters. The maximum atomic E-state index is 5.67. The van der Waals surface area contributed by atoms with Gasteiger partial charge in [-0.25, -0.2) is 0 Å². The first kappa shape index (κ1) is 10.9. The van der Waals surface area contributed by atoms with Gasteiger partial charge < -0.3 is 9.32 Å². The molecule has 0 saturated heterocycles. The molecule has 1 rings (SSSR count). The number of anilines is 1. The zero-order chi connectivity index (χ0) is 10.4. The van der Waals surface area contributed by atoms with Crippen molar-refractivity contribution in [1.82, 2.24) is 0 Å². The van der Waals surface area contributed by atoms with Crippen molar-refractivity contribution in [1.29, 1.82) is 0 Å². The number of hydrogen-bond donors (Lipinski definition) is 0. The SMILES string of the molecule is CC/C=C/c1ccc(N(CC)CC)o1. The van der Waals surface area contributed by atoms with Crippen LogP contribution in [0.25, 0.3) is 6.08 Å². The zero-order valence-electron chi connectivity index (χ0n) is 9.29. The summed E-state index contributed by atoms with van der Waals surface area (Å²) in [6, 6.07) is 4.04. The number of furan rings is 1. The van der Waals surface area contributed by atoms with Gasteiger partial charge in [-0.05, 0) is 32.4 Å². The molecule has 2 heteroatoms. The average molecular weight is 193 g/mol. The van der Waals surface area contributed by atoms with Crippen LogP contribution in [-0.2, 0) is 0 Å². The van der Waals surface area contributed by atoms with Crippen molar-refractivity contribution in [3.8, 4) is 0 Å². The monoisotopic (exact) mass is 193 g/mol. The van der Waals surface area contributed by atoms with Crippen LogP contribution < -0.4 is 4.90 Å². The molecule has 2 nitrogen and oxygen atoms in total. The van der Waals surface area contributed by atoms with Crippen LogP contribution in [0.1, 0.15) is 33.0 Å². The van der Waals surface area contributed by atoms with Crippen molar-refractivity contribution in [2.45, 2.75) is 27.2 Å². The third kappa shape index (κ3) is 2.66. The molecule has 0 aliphatic heterocycles. The predicted molar refractivity (Wildman–Crippen MR) is 61.6 cm³/mol. The van der Waals surface area contributed by atoms with Crippen LogP contribution in [0.4, 0.5) is 5.88 Å².